The zero-order valence-corrected chi connectivity index (χ0v) is 13.7. The molecule has 0 bridgehead atoms. The zero-order chi connectivity index (χ0) is 17.3. The van der Waals surface area contributed by atoms with Gasteiger partial charge in [-0.1, -0.05) is 13.3 Å². The Morgan fingerprint density at radius 2 is 2.17 bits per heavy atom. The Balaban J connectivity index is 1.67. The van der Waals surface area contributed by atoms with Gasteiger partial charge in [0.05, 0.1) is 18.8 Å². The highest BCUT2D eigenvalue weighted by molar-refractivity contribution is 5.83. The van der Waals surface area contributed by atoms with E-state index in [0.29, 0.717) is 13.0 Å². The van der Waals surface area contributed by atoms with Crippen molar-refractivity contribution in [2.75, 3.05) is 6.54 Å². The highest BCUT2D eigenvalue weighted by Crippen LogP contribution is 2.37. The molecule has 1 N–H and O–H groups in total. The second kappa shape index (κ2) is 6.49. The van der Waals surface area contributed by atoms with Gasteiger partial charge in [-0.2, -0.15) is 5.10 Å². The maximum Gasteiger partial charge on any atom is 0.252 e. The normalized spacial score (nSPS) is 22.6. The molecule has 1 aliphatic heterocycles. The number of hydrogen-bond donors (Lipinski definition) is 1. The van der Waals surface area contributed by atoms with Crippen LogP contribution in [-0.4, -0.2) is 45.0 Å². The van der Waals surface area contributed by atoms with E-state index in [4.69, 9.17) is 0 Å². The SMILES string of the molecule is CCCCC(=O)N1Cc2ccnn2[C@@H](C(=O)NC2CC(F)(F)C2)C1. The smallest absolute Gasteiger partial charge is 0.252 e. The first-order valence-corrected chi connectivity index (χ1v) is 8.38. The van der Waals surface area contributed by atoms with Crippen LogP contribution in [0.3, 0.4) is 0 Å². The zero-order valence-electron chi connectivity index (χ0n) is 13.7. The van der Waals surface area contributed by atoms with E-state index in [-0.39, 0.29) is 31.2 Å². The van der Waals surface area contributed by atoms with E-state index in [1.54, 1.807) is 21.8 Å². The summed E-state index contributed by atoms with van der Waals surface area (Å²) in [4.78, 5) is 26.5. The molecule has 0 saturated heterocycles. The monoisotopic (exact) mass is 340 g/mol. The molecule has 1 fully saturated rings. The second-order valence-corrected chi connectivity index (χ2v) is 6.63. The molecule has 0 aromatic carbocycles. The molecule has 24 heavy (non-hydrogen) atoms. The van der Waals surface area contributed by atoms with Crippen LogP contribution in [0.25, 0.3) is 0 Å². The van der Waals surface area contributed by atoms with Crippen molar-refractivity contribution in [1.82, 2.24) is 20.0 Å². The van der Waals surface area contributed by atoms with Crippen LogP contribution in [0.1, 0.15) is 50.8 Å². The largest absolute Gasteiger partial charge is 0.351 e. The Morgan fingerprint density at radius 3 is 2.83 bits per heavy atom. The summed E-state index contributed by atoms with van der Waals surface area (Å²) in [7, 11) is 0. The van der Waals surface area contributed by atoms with E-state index in [1.165, 1.54) is 0 Å². The first kappa shape index (κ1) is 16.9. The van der Waals surface area contributed by atoms with E-state index >= 15 is 0 Å². The molecule has 2 amide bonds. The van der Waals surface area contributed by atoms with E-state index in [0.717, 1.165) is 18.5 Å². The summed E-state index contributed by atoms with van der Waals surface area (Å²) in [6, 6.07) is 0.609. The number of rotatable bonds is 5. The standard InChI is InChI=1S/C16H22F2N4O2/c1-2-3-4-14(23)21-9-12-5-6-19-22(12)13(10-21)15(24)20-11-7-16(17,18)8-11/h5-6,11,13H,2-4,7-10H2,1H3,(H,20,24)/t13-/m1/s1. The van der Waals surface area contributed by atoms with Crippen molar-refractivity contribution in [3.05, 3.63) is 18.0 Å². The van der Waals surface area contributed by atoms with Gasteiger partial charge in [0.15, 0.2) is 0 Å². The van der Waals surface area contributed by atoms with Gasteiger partial charge < -0.3 is 10.2 Å². The lowest BCUT2D eigenvalue weighted by Crippen LogP contribution is -2.54. The maximum absolute atomic E-state index is 12.9. The molecular formula is C16H22F2N4O2. The summed E-state index contributed by atoms with van der Waals surface area (Å²) < 4.78 is 27.5. The first-order valence-electron chi connectivity index (χ1n) is 8.38. The minimum Gasteiger partial charge on any atom is -0.351 e. The lowest BCUT2D eigenvalue weighted by Gasteiger charge is -2.38. The molecule has 3 rings (SSSR count). The van der Waals surface area contributed by atoms with Crippen LogP contribution >= 0.6 is 0 Å². The third-order valence-electron chi connectivity index (χ3n) is 4.63. The number of nitrogens with one attached hydrogen (secondary N) is 1. The average molecular weight is 340 g/mol. The summed E-state index contributed by atoms with van der Waals surface area (Å²) in [5.41, 5.74) is 0.783. The number of carbonyl (C=O) groups is 2. The van der Waals surface area contributed by atoms with Gasteiger partial charge in [0.2, 0.25) is 11.8 Å². The predicted molar refractivity (Wildman–Crippen MR) is 82.3 cm³/mol. The van der Waals surface area contributed by atoms with Crippen LogP contribution in [0.5, 0.6) is 0 Å². The third kappa shape index (κ3) is 3.42. The van der Waals surface area contributed by atoms with Gasteiger partial charge in [-0.25, -0.2) is 8.78 Å². The lowest BCUT2D eigenvalue weighted by atomic mass is 9.88. The molecule has 1 atom stereocenters. The number of hydrogen-bond acceptors (Lipinski definition) is 3. The van der Waals surface area contributed by atoms with E-state index in [2.05, 4.69) is 10.4 Å². The quantitative estimate of drug-likeness (QED) is 0.890. The van der Waals surface area contributed by atoms with Crippen LogP contribution < -0.4 is 5.32 Å². The van der Waals surface area contributed by atoms with Gasteiger partial charge >= 0.3 is 0 Å². The maximum atomic E-state index is 12.9. The van der Waals surface area contributed by atoms with Crippen molar-refractivity contribution in [3.8, 4) is 0 Å². The van der Waals surface area contributed by atoms with Gasteiger partial charge in [0.25, 0.3) is 5.92 Å². The summed E-state index contributed by atoms with van der Waals surface area (Å²) in [5.74, 6) is -3.02. The number of aromatic nitrogens is 2. The van der Waals surface area contributed by atoms with Crippen molar-refractivity contribution in [3.63, 3.8) is 0 Å². The molecule has 6 nitrogen and oxygen atoms in total. The van der Waals surface area contributed by atoms with Gasteiger partial charge in [-0.05, 0) is 12.5 Å². The van der Waals surface area contributed by atoms with Crippen LogP contribution in [0, 0.1) is 0 Å². The number of halogens is 2. The predicted octanol–water partition coefficient (Wildman–Crippen LogP) is 1.87. The molecular weight excluding hydrogens is 318 g/mol. The Morgan fingerprint density at radius 1 is 1.42 bits per heavy atom. The number of alkyl halides is 2. The van der Waals surface area contributed by atoms with Crippen LogP contribution in [-0.2, 0) is 16.1 Å². The Labute approximate surface area is 139 Å². The Bertz CT molecular complexity index is 623. The van der Waals surface area contributed by atoms with Gasteiger partial charge in [-0.15, -0.1) is 0 Å². The van der Waals surface area contributed by atoms with Crippen molar-refractivity contribution in [1.29, 1.82) is 0 Å². The highest BCUT2D eigenvalue weighted by Gasteiger charge is 2.47. The van der Waals surface area contributed by atoms with Gasteiger partial charge in [0, 0.05) is 31.5 Å². The lowest BCUT2D eigenvalue weighted by molar-refractivity contribution is -0.138. The molecule has 1 saturated carbocycles. The molecule has 1 aromatic rings. The topological polar surface area (TPSA) is 67.2 Å². The molecule has 2 aliphatic rings. The van der Waals surface area contributed by atoms with Crippen molar-refractivity contribution in [2.24, 2.45) is 0 Å². The van der Waals surface area contributed by atoms with E-state index in [9.17, 15) is 18.4 Å². The fourth-order valence-electron chi connectivity index (χ4n) is 3.22. The minimum atomic E-state index is -2.68. The summed E-state index contributed by atoms with van der Waals surface area (Å²) >= 11 is 0. The molecule has 0 radical (unpaired) electrons. The van der Waals surface area contributed by atoms with Gasteiger partial charge in [-0.3, -0.25) is 14.3 Å². The van der Waals surface area contributed by atoms with Crippen LogP contribution in [0.4, 0.5) is 8.78 Å². The number of nitrogens with zero attached hydrogens (tertiary/aromatic N) is 3. The third-order valence-corrected chi connectivity index (χ3v) is 4.63. The number of unbranched alkanes of at least 4 members (excludes halogenated alkanes) is 1. The number of amides is 2. The molecule has 1 aliphatic carbocycles. The van der Waals surface area contributed by atoms with Crippen LogP contribution in [0.15, 0.2) is 12.3 Å². The van der Waals surface area contributed by atoms with E-state index < -0.39 is 18.0 Å². The fourth-order valence-corrected chi connectivity index (χ4v) is 3.22. The van der Waals surface area contributed by atoms with Crippen molar-refractivity contribution >= 4 is 11.8 Å². The van der Waals surface area contributed by atoms with Crippen LogP contribution in [0.2, 0.25) is 0 Å². The number of carbonyl (C=O) groups excluding carboxylic acids is 2. The summed E-state index contributed by atoms with van der Waals surface area (Å²) in [5, 5.41) is 6.82. The average Bonchev–Trinajstić information content (AvgIpc) is 2.98. The highest BCUT2D eigenvalue weighted by atomic mass is 19.3. The summed E-state index contributed by atoms with van der Waals surface area (Å²) in [6.07, 6.45) is 3.13. The summed E-state index contributed by atoms with van der Waals surface area (Å²) in [6.45, 7) is 2.67. The molecule has 132 valence electrons. The fraction of sp³-hybridized carbons (Fsp3) is 0.688. The molecule has 0 spiro atoms. The van der Waals surface area contributed by atoms with Crippen molar-refractivity contribution < 1.29 is 18.4 Å². The van der Waals surface area contributed by atoms with Gasteiger partial charge in [0.1, 0.15) is 6.04 Å². The Hall–Kier alpha value is -1.99. The minimum absolute atomic E-state index is 0.0114. The Kier molecular flexibility index (Phi) is 4.56. The van der Waals surface area contributed by atoms with E-state index in [1.807, 2.05) is 6.92 Å². The molecule has 8 heteroatoms. The molecule has 2 heterocycles. The van der Waals surface area contributed by atoms with Crippen molar-refractivity contribution in [2.45, 2.75) is 63.6 Å². The first-order chi connectivity index (χ1) is 11.4. The molecule has 1 aromatic heterocycles. The second-order valence-electron chi connectivity index (χ2n) is 6.63. The number of fused-ring (bicyclic) bond motifs is 1. The molecule has 0 unspecified atom stereocenters.